The van der Waals surface area contributed by atoms with E-state index in [9.17, 15) is 4.79 Å². The van der Waals surface area contributed by atoms with Crippen LogP contribution in [0.2, 0.25) is 5.15 Å². The zero-order valence-electron chi connectivity index (χ0n) is 12.6. The van der Waals surface area contributed by atoms with Gasteiger partial charge in [-0.3, -0.25) is 4.79 Å². The third-order valence-corrected chi connectivity index (χ3v) is 3.79. The molecule has 1 amide bonds. The number of carbonyl (C=O) groups excluding carboxylic acids is 1. The lowest BCUT2D eigenvalue weighted by Crippen LogP contribution is -2.31. The Morgan fingerprint density at radius 1 is 1.19 bits per heavy atom. The van der Waals surface area contributed by atoms with Gasteiger partial charge in [-0.25, -0.2) is 4.98 Å². The fraction of sp³-hybridized carbons (Fsp3) is 0.294. The Morgan fingerprint density at radius 3 is 2.48 bits per heavy atom. The van der Waals surface area contributed by atoms with Gasteiger partial charge in [0.25, 0.3) is 5.91 Å². The van der Waals surface area contributed by atoms with Crippen LogP contribution in [0.1, 0.15) is 29.8 Å². The van der Waals surface area contributed by atoms with Crippen molar-refractivity contribution in [2.75, 3.05) is 13.1 Å². The van der Waals surface area contributed by atoms with Gasteiger partial charge in [-0.2, -0.15) is 0 Å². The first kappa shape index (κ1) is 15.5. The molecular formula is C17H19ClN2O. The number of carbonyl (C=O) groups is 1. The van der Waals surface area contributed by atoms with Gasteiger partial charge in [0.15, 0.2) is 0 Å². The number of pyridine rings is 1. The van der Waals surface area contributed by atoms with Crippen LogP contribution in [0.5, 0.6) is 0 Å². The molecule has 1 aromatic carbocycles. The second-order valence-electron chi connectivity index (χ2n) is 4.84. The van der Waals surface area contributed by atoms with Crippen molar-refractivity contribution in [3.8, 4) is 11.1 Å². The molecule has 3 nitrogen and oxygen atoms in total. The van der Waals surface area contributed by atoms with Gasteiger partial charge in [0.1, 0.15) is 5.15 Å². The number of aromatic nitrogens is 1. The van der Waals surface area contributed by atoms with E-state index in [4.69, 9.17) is 11.6 Å². The number of halogens is 1. The molecule has 0 aliphatic rings. The van der Waals surface area contributed by atoms with Crippen LogP contribution in [0.15, 0.2) is 36.5 Å². The maximum absolute atomic E-state index is 12.7. The van der Waals surface area contributed by atoms with E-state index in [0.717, 1.165) is 16.7 Å². The van der Waals surface area contributed by atoms with E-state index in [1.165, 1.54) is 0 Å². The fourth-order valence-corrected chi connectivity index (χ4v) is 2.54. The van der Waals surface area contributed by atoms with Gasteiger partial charge in [0.2, 0.25) is 0 Å². The molecule has 0 unspecified atom stereocenters. The monoisotopic (exact) mass is 302 g/mol. The lowest BCUT2D eigenvalue weighted by Gasteiger charge is -2.20. The highest BCUT2D eigenvalue weighted by molar-refractivity contribution is 6.29. The van der Waals surface area contributed by atoms with E-state index in [0.29, 0.717) is 23.8 Å². The first-order chi connectivity index (χ1) is 10.1. The smallest absolute Gasteiger partial charge is 0.256 e. The van der Waals surface area contributed by atoms with Crippen molar-refractivity contribution in [3.63, 3.8) is 0 Å². The van der Waals surface area contributed by atoms with Crippen molar-refractivity contribution in [1.29, 1.82) is 0 Å². The van der Waals surface area contributed by atoms with Crippen LogP contribution in [0, 0.1) is 6.92 Å². The van der Waals surface area contributed by atoms with E-state index in [1.54, 1.807) is 17.2 Å². The van der Waals surface area contributed by atoms with Gasteiger partial charge in [0, 0.05) is 19.3 Å². The number of hydrogen-bond donors (Lipinski definition) is 0. The molecular weight excluding hydrogens is 284 g/mol. The van der Waals surface area contributed by atoms with E-state index in [1.807, 2.05) is 45.0 Å². The standard InChI is InChI=1S/C17H19ClN2O/c1-4-20(5-2)17(21)15-11-19-16(18)10-14(15)13-9-7-6-8-12(13)3/h6-11H,4-5H2,1-3H3. The van der Waals surface area contributed by atoms with Gasteiger partial charge in [-0.1, -0.05) is 35.9 Å². The van der Waals surface area contributed by atoms with Gasteiger partial charge in [0.05, 0.1) is 5.56 Å². The number of benzene rings is 1. The molecule has 2 aromatic rings. The van der Waals surface area contributed by atoms with Crippen LogP contribution in [0.3, 0.4) is 0 Å². The van der Waals surface area contributed by atoms with Crippen LogP contribution in [-0.4, -0.2) is 28.9 Å². The number of nitrogens with zero attached hydrogens (tertiary/aromatic N) is 2. The highest BCUT2D eigenvalue weighted by Crippen LogP contribution is 2.29. The molecule has 0 radical (unpaired) electrons. The summed E-state index contributed by atoms with van der Waals surface area (Å²) in [5, 5.41) is 0.393. The molecule has 0 aliphatic carbocycles. The van der Waals surface area contributed by atoms with Crippen LogP contribution in [0.25, 0.3) is 11.1 Å². The lowest BCUT2D eigenvalue weighted by molar-refractivity contribution is 0.0773. The number of amides is 1. The molecule has 2 rings (SSSR count). The molecule has 110 valence electrons. The quantitative estimate of drug-likeness (QED) is 0.793. The SMILES string of the molecule is CCN(CC)C(=O)c1cnc(Cl)cc1-c1ccccc1C. The van der Waals surface area contributed by atoms with E-state index in [2.05, 4.69) is 4.98 Å². The Bertz CT molecular complexity index is 651. The normalized spacial score (nSPS) is 10.5. The summed E-state index contributed by atoms with van der Waals surface area (Å²) in [5.41, 5.74) is 3.55. The zero-order chi connectivity index (χ0) is 15.4. The minimum atomic E-state index is -0.0116. The zero-order valence-corrected chi connectivity index (χ0v) is 13.3. The maximum atomic E-state index is 12.7. The summed E-state index contributed by atoms with van der Waals surface area (Å²) in [4.78, 5) is 18.5. The van der Waals surface area contributed by atoms with Gasteiger partial charge < -0.3 is 4.90 Å². The Balaban J connectivity index is 2.58. The Morgan fingerprint density at radius 2 is 1.86 bits per heavy atom. The molecule has 0 atom stereocenters. The molecule has 1 aromatic heterocycles. The van der Waals surface area contributed by atoms with Gasteiger partial charge in [-0.05, 0) is 43.5 Å². The summed E-state index contributed by atoms with van der Waals surface area (Å²) in [6.07, 6.45) is 1.57. The van der Waals surface area contributed by atoms with Crippen molar-refractivity contribution in [1.82, 2.24) is 9.88 Å². The minimum Gasteiger partial charge on any atom is -0.339 e. The van der Waals surface area contributed by atoms with Crippen LogP contribution in [-0.2, 0) is 0 Å². The minimum absolute atomic E-state index is 0.0116. The molecule has 0 saturated carbocycles. The molecule has 0 spiro atoms. The number of hydrogen-bond acceptors (Lipinski definition) is 2. The summed E-state index contributed by atoms with van der Waals surface area (Å²) >= 11 is 6.04. The predicted octanol–water partition coefficient (Wildman–Crippen LogP) is 4.19. The molecule has 1 heterocycles. The lowest BCUT2D eigenvalue weighted by atomic mass is 9.97. The molecule has 21 heavy (non-hydrogen) atoms. The third-order valence-electron chi connectivity index (χ3n) is 3.59. The summed E-state index contributed by atoms with van der Waals surface area (Å²) in [6, 6.07) is 9.73. The van der Waals surface area contributed by atoms with E-state index in [-0.39, 0.29) is 5.91 Å². The molecule has 0 bridgehead atoms. The van der Waals surface area contributed by atoms with Gasteiger partial charge in [-0.15, -0.1) is 0 Å². The summed E-state index contributed by atoms with van der Waals surface area (Å²) in [5.74, 6) is -0.0116. The first-order valence-electron chi connectivity index (χ1n) is 7.09. The summed E-state index contributed by atoms with van der Waals surface area (Å²) in [6.45, 7) is 7.31. The average Bonchev–Trinajstić information content (AvgIpc) is 2.48. The van der Waals surface area contributed by atoms with Crippen LogP contribution < -0.4 is 0 Å². The average molecular weight is 303 g/mol. The predicted molar refractivity (Wildman–Crippen MR) is 86.7 cm³/mol. The Kier molecular flexibility index (Phi) is 4.97. The van der Waals surface area contributed by atoms with Crippen LogP contribution >= 0.6 is 11.6 Å². The second kappa shape index (κ2) is 6.72. The van der Waals surface area contributed by atoms with Crippen molar-refractivity contribution < 1.29 is 4.79 Å². The fourth-order valence-electron chi connectivity index (χ4n) is 2.38. The maximum Gasteiger partial charge on any atom is 0.256 e. The largest absolute Gasteiger partial charge is 0.339 e. The molecule has 0 fully saturated rings. The number of rotatable bonds is 4. The van der Waals surface area contributed by atoms with Crippen molar-refractivity contribution >= 4 is 17.5 Å². The molecule has 4 heteroatoms. The molecule has 0 saturated heterocycles. The third kappa shape index (κ3) is 3.24. The van der Waals surface area contributed by atoms with Gasteiger partial charge >= 0.3 is 0 Å². The second-order valence-corrected chi connectivity index (χ2v) is 5.23. The topological polar surface area (TPSA) is 33.2 Å². The van der Waals surface area contributed by atoms with E-state index < -0.39 is 0 Å². The van der Waals surface area contributed by atoms with Crippen LogP contribution in [0.4, 0.5) is 0 Å². The highest BCUT2D eigenvalue weighted by atomic mass is 35.5. The number of aryl methyl sites for hydroxylation is 1. The highest BCUT2D eigenvalue weighted by Gasteiger charge is 2.19. The Hall–Kier alpha value is -1.87. The molecule has 0 aliphatic heterocycles. The Labute approximate surface area is 130 Å². The van der Waals surface area contributed by atoms with Crippen molar-refractivity contribution in [2.45, 2.75) is 20.8 Å². The van der Waals surface area contributed by atoms with E-state index >= 15 is 0 Å². The van der Waals surface area contributed by atoms with Crippen molar-refractivity contribution in [2.24, 2.45) is 0 Å². The summed E-state index contributed by atoms with van der Waals surface area (Å²) < 4.78 is 0. The van der Waals surface area contributed by atoms with Crippen molar-refractivity contribution in [3.05, 3.63) is 52.8 Å². The summed E-state index contributed by atoms with van der Waals surface area (Å²) in [7, 11) is 0. The first-order valence-corrected chi connectivity index (χ1v) is 7.47. The molecule has 0 N–H and O–H groups in total.